The highest BCUT2D eigenvalue weighted by molar-refractivity contribution is 5.79. The van der Waals surface area contributed by atoms with Crippen molar-refractivity contribution in [2.24, 2.45) is 17.8 Å². The highest BCUT2D eigenvalue weighted by Gasteiger charge is 2.39. The van der Waals surface area contributed by atoms with Gasteiger partial charge in [0.15, 0.2) is 0 Å². The van der Waals surface area contributed by atoms with Gasteiger partial charge in [0.2, 0.25) is 5.91 Å². The largest absolute Gasteiger partial charge is 0.349 e. The van der Waals surface area contributed by atoms with Gasteiger partial charge in [-0.15, -0.1) is 0 Å². The van der Waals surface area contributed by atoms with E-state index in [9.17, 15) is 4.79 Å². The van der Waals surface area contributed by atoms with Crippen molar-refractivity contribution in [3.05, 3.63) is 35.9 Å². The van der Waals surface area contributed by atoms with E-state index in [0.717, 1.165) is 12.3 Å². The maximum atomic E-state index is 11.9. The summed E-state index contributed by atoms with van der Waals surface area (Å²) in [6, 6.07) is 10.7. The fourth-order valence-corrected chi connectivity index (χ4v) is 3.97. The lowest BCUT2D eigenvalue weighted by Gasteiger charge is -2.33. The van der Waals surface area contributed by atoms with E-state index in [1.165, 1.54) is 31.2 Å². The van der Waals surface area contributed by atoms with Crippen molar-refractivity contribution in [2.45, 2.75) is 45.1 Å². The van der Waals surface area contributed by atoms with Gasteiger partial charge in [-0.2, -0.15) is 0 Å². The average molecular weight is 257 g/mol. The van der Waals surface area contributed by atoms with Crippen LogP contribution in [0.5, 0.6) is 0 Å². The molecule has 1 N–H and O–H groups in total. The third-order valence-corrected chi connectivity index (χ3v) is 4.91. The van der Waals surface area contributed by atoms with Gasteiger partial charge in [-0.3, -0.25) is 4.79 Å². The molecular weight excluding hydrogens is 234 g/mol. The Hall–Kier alpha value is -1.31. The van der Waals surface area contributed by atoms with Crippen molar-refractivity contribution in [3.63, 3.8) is 0 Å². The number of carbonyl (C=O) groups excluding carboxylic acids is 1. The van der Waals surface area contributed by atoms with Gasteiger partial charge in [-0.05, 0) is 29.7 Å². The first-order chi connectivity index (χ1) is 9.24. The number of rotatable bonds is 2. The molecule has 4 unspecified atom stereocenters. The Morgan fingerprint density at radius 2 is 1.95 bits per heavy atom. The monoisotopic (exact) mass is 257 g/mol. The van der Waals surface area contributed by atoms with Crippen LogP contribution in [-0.4, -0.2) is 5.91 Å². The van der Waals surface area contributed by atoms with Crippen molar-refractivity contribution in [1.29, 1.82) is 0 Å². The van der Waals surface area contributed by atoms with Crippen molar-refractivity contribution < 1.29 is 4.79 Å². The lowest BCUT2D eigenvalue weighted by molar-refractivity contribution is -0.119. The first-order valence-electron chi connectivity index (χ1n) is 7.58. The zero-order valence-electron chi connectivity index (χ0n) is 11.6. The molecule has 2 nitrogen and oxygen atoms in total. The van der Waals surface area contributed by atoms with Gasteiger partial charge in [-0.25, -0.2) is 0 Å². The van der Waals surface area contributed by atoms with Crippen LogP contribution in [0.3, 0.4) is 0 Å². The third-order valence-electron chi connectivity index (χ3n) is 4.91. The molecule has 0 spiro atoms. The summed E-state index contributed by atoms with van der Waals surface area (Å²) >= 11 is 0. The van der Waals surface area contributed by atoms with Crippen LogP contribution < -0.4 is 5.32 Å². The maximum Gasteiger partial charge on any atom is 0.220 e. The molecule has 2 fully saturated rings. The quantitative estimate of drug-likeness (QED) is 0.860. The molecule has 19 heavy (non-hydrogen) atoms. The molecule has 102 valence electrons. The highest BCUT2D eigenvalue weighted by atomic mass is 16.2. The fourth-order valence-electron chi connectivity index (χ4n) is 3.97. The van der Waals surface area contributed by atoms with Gasteiger partial charge >= 0.3 is 0 Å². The molecule has 3 rings (SSSR count). The Morgan fingerprint density at radius 3 is 2.68 bits per heavy atom. The molecular formula is C17H23NO. The Balaban J connectivity index is 1.80. The van der Waals surface area contributed by atoms with E-state index in [4.69, 9.17) is 0 Å². The summed E-state index contributed by atoms with van der Waals surface area (Å²) in [5, 5.41) is 3.19. The Labute approximate surface area is 115 Å². The lowest BCUT2D eigenvalue weighted by atomic mass is 9.72. The Bertz CT molecular complexity index is 442. The number of amides is 1. The van der Waals surface area contributed by atoms with Crippen LogP contribution in [0, 0.1) is 17.8 Å². The molecule has 1 aromatic rings. The SMILES string of the molecule is CC1CCCC(C2CC(=O)NC2c2ccccc2)C1. The number of carbonyl (C=O) groups is 1. The van der Waals surface area contributed by atoms with Crippen molar-refractivity contribution in [3.8, 4) is 0 Å². The third kappa shape index (κ3) is 2.68. The topological polar surface area (TPSA) is 29.1 Å². The summed E-state index contributed by atoms with van der Waals surface area (Å²) in [6.07, 6.45) is 6.01. The summed E-state index contributed by atoms with van der Waals surface area (Å²) in [5.74, 6) is 2.27. The summed E-state index contributed by atoms with van der Waals surface area (Å²) in [4.78, 5) is 11.9. The zero-order chi connectivity index (χ0) is 13.2. The number of hydrogen-bond donors (Lipinski definition) is 1. The van der Waals surface area contributed by atoms with E-state index < -0.39 is 0 Å². The first-order valence-corrected chi connectivity index (χ1v) is 7.58. The molecule has 2 heteroatoms. The second-order valence-corrected chi connectivity index (χ2v) is 6.36. The van der Waals surface area contributed by atoms with Crippen LogP contribution in [0.25, 0.3) is 0 Å². The summed E-state index contributed by atoms with van der Waals surface area (Å²) in [6.45, 7) is 2.36. The maximum absolute atomic E-state index is 11.9. The van der Waals surface area contributed by atoms with Crippen LogP contribution >= 0.6 is 0 Å². The van der Waals surface area contributed by atoms with E-state index >= 15 is 0 Å². The Kier molecular flexibility index (Phi) is 3.58. The van der Waals surface area contributed by atoms with Gasteiger partial charge in [-0.1, -0.05) is 56.5 Å². The molecule has 1 heterocycles. The molecule has 4 atom stereocenters. The van der Waals surface area contributed by atoms with E-state index in [2.05, 4.69) is 36.5 Å². The van der Waals surface area contributed by atoms with Crippen molar-refractivity contribution in [2.75, 3.05) is 0 Å². The van der Waals surface area contributed by atoms with Gasteiger partial charge in [0.05, 0.1) is 6.04 Å². The molecule has 1 aliphatic carbocycles. The molecule has 1 aromatic carbocycles. The molecule has 0 radical (unpaired) electrons. The van der Waals surface area contributed by atoms with Crippen LogP contribution in [0.1, 0.15) is 50.6 Å². The minimum absolute atomic E-state index is 0.233. The minimum Gasteiger partial charge on any atom is -0.349 e. The minimum atomic E-state index is 0.233. The van der Waals surface area contributed by atoms with Crippen molar-refractivity contribution in [1.82, 2.24) is 5.32 Å². The predicted octanol–water partition coefficient (Wildman–Crippen LogP) is 3.69. The van der Waals surface area contributed by atoms with E-state index in [1.54, 1.807) is 0 Å². The first kappa shape index (κ1) is 12.7. The second kappa shape index (κ2) is 5.36. The summed E-state index contributed by atoms with van der Waals surface area (Å²) < 4.78 is 0. The van der Waals surface area contributed by atoms with Crippen LogP contribution in [0.4, 0.5) is 0 Å². The van der Waals surface area contributed by atoms with Crippen LogP contribution in [-0.2, 0) is 4.79 Å². The van der Waals surface area contributed by atoms with Crippen molar-refractivity contribution >= 4 is 5.91 Å². The molecule has 2 aliphatic rings. The summed E-state index contributed by atoms with van der Waals surface area (Å²) in [5.41, 5.74) is 1.27. The molecule has 1 aliphatic heterocycles. The fraction of sp³-hybridized carbons (Fsp3) is 0.588. The van der Waals surface area contributed by atoms with Gasteiger partial charge in [0.1, 0.15) is 0 Å². The molecule has 1 saturated carbocycles. The van der Waals surface area contributed by atoms with Gasteiger partial charge in [0, 0.05) is 6.42 Å². The molecule has 0 aromatic heterocycles. The second-order valence-electron chi connectivity index (χ2n) is 6.36. The van der Waals surface area contributed by atoms with Crippen LogP contribution in [0.2, 0.25) is 0 Å². The van der Waals surface area contributed by atoms with E-state index in [1.807, 2.05) is 6.07 Å². The highest BCUT2D eigenvalue weighted by Crippen LogP contribution is 2.43. The predicted molar refractivity (Wildman–Crippen MR) is 76.6 cm³/mol. The summed E-state index contributed by atoms with van der Waals surface area (Å²) in [7, 11) is 0. The molecule has 0 bridgehead atoms. The number of hydrogen-bond acceptors (Lipinski definition) is 1. The number of nitrogens with one attached hydrogen (secondary N) is 1. The van der Waals surface area contributed by atoms with E-state index in [0.29, 0.717) is 11.8 Å². The Morgan fingerprint density at radius 1 is 1.16 bits per heavy atom. The lowest BCUT2D eigenvalue weighted by Crippen LogP contribution is -2.27. The molecule has 1 saturated heterocycles. The van der Waals surface area contributed by atoms with Gasteiger partial charge in [0.25, 0.3) is 0 Å². The smallest absolute Gasteiger partial charge is 0.220 e. The zero-order valence-corrected chi connectivity index (χ0v) is 11.6. The number of benzene rings is 1. The normalized spacial score (nSPS) is 35.1. The molecule has 1 amide bonds. The average Bonchev–Trinajstić information content (AvgIpc) is 2.82. The van der Waals surface area contributed by atoms with Gasteiger partial charge < -0.3 is 5.32 Å². The standard InChI is InChI=1S/C17H23NO/c1-12-6-5-9-14(10-12)15-11-16(19)18-17(15)13-7-3-2-4-8-13/h2-4,7-8,12,14-15,17H,5-6,9-11H2,1H3,(H,18,19). The van der Waals surface area contributed by atoms with Crippen LogP contribution in [0.15, 0.2) is 30.3 Å². The van der Waals surface area contributed by atoms with E-state index in [-0.39, 0.29) is 11.9 Å².